The first-order chi connectivity index (χ1) is 7.11. The molecule has 5 nitrogen and oxygen atoms in total. The molecule has 82 valence electrons. The van der Waals surface area contributed by atoms with Crippen LogP contribution in [0.2, 0.25) is 0 Å². The monoisotopic (exact) mass is 209 g/mol. The summed E-state index contributed by atoms with van der Waals surface area (Å²) in [7, 11) is 0. The van der Waals surface area contributed by atoms with Crippen molar-refractivity contribution in [2.75, 3.05) is 0 Å². The molecule has 2 heterocycles. The van der Waals surface area contributed by atoms with Gasteiger partial charge < -0.3 is 15.4 Å². The zero-order valence-electron chi connectivity index (χ0n) is 8.68. The van der Waals surface area contributed by atoms with Crippen molar-refractivity contribution < 1.29 is 9.90 Å². The predicted molar refractivity (Wildman–Crippen MR) is 54.6 cm³/mol. The minimum atomic E-state index is -0.944. The van der Waals surface area contributed by atoms with Crippen LogP contribution in [-0.4, -0.2) is 26.7 Å². The Labute approximate surface area is 87.9 Å². The molecule has 15 heavy (non-hydrogen) atoms. The van der Waals surface area contributed by atoms with Crippen LogP contribution in [0.25, 0.3) is 0 Å². The number of aliphatic carboxylic acids is 1. The van der Waals surface area contributed by atoms with E-state index in [0.717, 1.165) is 30.8 Å². The molecule has 1 aromatic heterocycles. The Hall–Kier alpha value is -1.36. The molecule has 1 aliphatic rings. The fraction of sp³-hybridized carbons (Fsp3) is 0.600. The van der Waals surface area contributed by atoms with Gasteiger partial charge in [-0.15, -0.1) is 0 Å². The van der Waals surface area contributed by atoms with Crippen LogP contribution in [0.1, 0.15) is 30.4 Å². The fourth-order valence-corrected chi connectivity index (χ4v) is 2.26. The number of nitrogens with two attached hydrogens (primary N) is 1. The van der Waals surface area contributed by atoms with Gasteiger partial charge in [0.25, 0.3) is 0 Å². The maximum absolute atomic E-state index is 10.9. The van der Waals surface area contributed by atoms with Crippen molar-refractivity contribution in [3.05, 3.63) is 17.7 Å². The van der Waals surface area contributed by atoms with Crippen LogP contribution in [0.15, 0.2) is 6.20 Å². The Morgan fingerprint density at radius 1 is 1.80 bits per heavy atom. The van der Waals surface area contributed by atoms with E-state index in [1.165, 1.54) is 0 Å². The molecule has 0 aliphatic carbocycles. The Morgan fingerprint density at radius 3 is 3.20 bits per heavy atom. The minimum Gasteiger partial charge on any atom is -0.480 e. The van der Waals surface area contributed by atoms with Gasteiger partial charge in [-0.2, -0.15) is 0 Å². The number of nitrogens with zero attached hydrogens (tertiary/aromatic N) is 2. The third kappa shape index (κ3) is 1.63. The quantitative estimate of drug-likeness (QED) is 0.742. The molecule has 0 saturated heterocycles. The Bertz CT molecular complexity index is 386. The summed E-state index contributed by atoms with van der Waals surface area (Å²) in [5.41, 5.74) is 6.78. The second kappa shape index (κ2) is 3.66. The van der Waals surface area contributed by atoms with E-state index < -0.39 is 12.0 Å². The van der Waals surface area contributed by atoms with Gasteiger partial charge in [-0.25, -0.2) is 4.98 Å². The molecular weight excluding hydrogens is 194 g/mol. The van der Waals surface area contributed by atoms with E-state index in [0.29, 0.717) is 0 Å². The van der Waals surface area contributed by atoms with Gasteiger partial charge in [0.05, 0.1) is 6.04 Å². The lowest BCUT2D eigenvalue weighted by Crippen LogP contribution is -2.41. The van der Waals surface area contributed by atoms with Crippen molar-refractivity contribution in [3.8, 4) is 0 Å². The summed E-state index contributed by atoms with van der Waals surface area (Å²) in [4.78, 5) is 15.1. The van der Waals surface area contributed by atoms with E-state index in [2.05, 4.69) is 4.98 Å². The molecular formula is C10H15N3O2. The van der Waals surface area contributed by atoms with Gasteiger partial charge >= 0.3 is 5.97 Å². The average Bonchev–Trinajstić information content (AvgIpc) is 2.59. The van der Waals surface area contributed by atoms with Gasteiger partial charge in [-0.3, -0.25) is 4.79 Å². The Morgan fingerprint density at radius 2 is 2.53 bits per heavy atom. The van der Waals surface area contributed by atoms with Crippen LogP contribution < -0.4 is 5.73 Å². The largest absolute Gasteiger partial charge is 0.480 e. The Balaban J connectivity index is 2.36. The van der Waals surface area contributed by atoms with Crippen molar-refractivity contribution >= 4 is 5.97 Å². The number of carbonyl (C=O) groups is 1. The lowest BCUT2D eigenvalue weighted by atomic mass is 9.97. The molecule has 0 fully saturated rings. The molecule has 0 aromatic carbocycles. The summed E-state index contributed by atoms with van der Waals surface area (Å²) in [5.74, 6) is -0.0904. The summed E-state index contributed by atoms with van der Waals surface area (Å²) in [6, 6.07) is -0.981. The summed E-state index contributed by atoms with van der Waals surface area (Å²) < 4.78 is 1.97. The van der Waals surface area contributed by atoms with Crippen molar-refractivity contribution in [2.45, 2.75) is 38.3 Å². The summed E-state index contributed by atoms with van der Waals surface area (Å²) >= 11 is 0. The van der Waals surface area contributed by atoms with Gasteiger partial charge in [0, 0.05) is 11.9 Å². The maximum Gasteiger partial charge on any atom is 0.322 e. The fourth-order valence-electron chi connectivity index (χ4n) is 2.26. The van der Waals surface area contributed by atoms with Crippen molar-refractivity contribution in [1.82, 2.24) is 9.55 Å². The molecule has 5 heteroatoms. The smallest absolute Gasteiger partial charge is 0.322 e. The zero-order valence-corrected chi connectivity index (χ0v) is 8.68. The highest BCUT2D eigenvalue weighted by Crippen LogP contribution is 2.28. The van der Waals surface area contributed by atoms with E-state index in [4.69, 9.17) is 10.8 Å². The first-order valence-electron chi connectivity index (χ1n) is 5.12. The normalized spacial score (nSPS) is 22.1. The van der Waals surface area contributed by atoms with Crippen LogP contribution in [0.4, 0.5) is 0 Å². The van der Waals surface area contributed by atoms with Crippen LogP contribution >= 0.6 is 0 Å². The number of fused-ring (bicyclic) bond motifs is 1. The highest BCUT2D eigenvalue weighted by Gasteiger charge is 2.30. The predicted octanol–water partition coefficient (Wildman–Crippen LogP) is 0.481. The van der Waals surface area contributed by atoms with E-state index in [-0.39, 0.29) is 6.04 Å². The average molecular weight is 209 g/mol. The highest BCUT2D eigenvalue weighted by atomic mass is 16.4. The molecule has 2 rings (SSSR count). The molecule has 2 unspecified atom stereocenters. The molecule has 0 saturated carbocycles. The van der Waals surface area contributed by atoms with Gasteiger partial charge in [0.1, 0.15) is 11.9 Å². The third-order valence-electron chi connectivity index (χ3n) is 3.02. The summed E-state index contributed by atoms with van der Waals surface area (Å²) in [5, 5.41) is 8.93. The number of carboxylic acid groups (broad SMARTS) is 1. The van der Waals surface area contributed by atoms with Crippen LogP contribution in [0, 0.1) is 6.92 Å². The number of hydrogen-bond donors (Lipinski definition) is 2. The zero-order chi connectivity index (χ0) is 11.0. The van der Waals surface area contributed by atoms with Crippen LogP contribution in [0.5, 0.6) is 0 Å². The second-order valence-electron chi connectivity index (χ2n) is 3.99. The van der Waals surface area contributed by atoms with Crippen LogP contribution in [0.3, 0.4) is 0 Å². The standard InChI is InChI=1S/C10H15N3O2/c1-6-12-5-7-3-2-4-8(13(6)7)9(11)10(14)15/h5,8-9H,2-4,11H2,1H3,(H,14,15). The number of hydrogen-bond acceptors (Lipinski definition) is 3. The molecule has 1 aromatic rings. The molecule has 0 radical (unpaired) electrons. The van der Waals surface area contributed by atoms with Crippen LogP contribution in [-0.2, 0) is 11.2 Å². The van der Waals surface area contributed by atoms with Gasteiger partial charge in [-0.05, 0) is 26.2 Å². The SMILES string of the molecule is Cc1ncc2n1C(C(N)C(=O)O)CCC2. The van der Waals surface area contributed by atoms with Crippen molar-refractivity contribution in [3.63, 3.8) is 0 Å². The number of rotatable bonds is 2. The topological polar surface area (TPSA) is 81.1 Å². The highest BCUT2D eigenvalue weighted by molar-refractivity contribution is 5.73. The summed E-state index contributed by atoms with van der Waals surface area (Å²) in [6.07, 6.45) is 4.58. The maximum atomic E-state index is 10.9. The summed E-state index contributed by atoms with van der Waals surface area (Å²) in [6.45, 7) is 1.89. The first-order valence-corrected chi connectivity index (χ1v) is 5.12. The van der Waals surface area contributed by atoms with Gasteiger partial charge in [0.15, 0.2) is 0 Å². The molecule has 0 spiro atoms. The lowest BCUT2D eigenvalue weighted by Gasteiger charge is -2.29. The minimum absolute atomic E-state index is 0.145. The van der Waals surface area contributed by atoms with E-state index in [1.807, 2.05) is 17.7 Å². The molecule has 3 N–H and O–H groups in total. The first kappa shape index (κ1) is 10.2. The lowest BCUT2D eigenvalue weighted by molar-refractivity contribution is -0.139. The number of carboxylic acids is 1. The van der Waals surface area contributed by atoms with E-state index in [1.54, 1.807) is 0 Å². The number of aromatic nitrogens is 2. The van der Waals surface area contributed by atoms with Crippen molar-refractivity contribution in [1.29, 1.82) is 0 Å². The van der Waals surface area contributed by atoms with Crippen molar-refractivity contribution in [2.24, 2.45) is 5.73 Å². The van der Waals surface area contributed by atoms with Gasteiger partial charge in [0.2, 0.25) is 0 Å². The molecule has 0 amide bonds. The third-order valence-corrected chi connectivity index (χ3v) is 3.02. The van der Waals surface area contributed by atoms with Gasteiger partial charge in [-0.1, -0.05) is 0 Å². The molecule has 1 aliphatic heterocycles. The van der Waals surface area contributed by atoms with E-state index in [9.17, 15) is 4.79 Å². The molecule has 0 bridgehead atoms. The molecule has 2 atom stereocenters. The Kier molecular flexibility index (Phi) is 2.48. The van der Waals surface area contributed by atoms with E-state index >= 15 is 0 Å². The number of aryl methyl sites for hydroxylation is 2. The second-order valence-corrected chi connectivity index (χ2v) is 3.99. The number of imidazole rings is 1.